The molecule has 0 spiro atoms. The van der Waals surface area contributed by atoms with Crippen LogP contribution in [0.15, 0.2) is 30.3 Å². The monoisotopic (exact) mass is 614 g/mol. The van der Waals surface area contributed by atoms with Crippen LogP contribution in [0.1, 0.15) is 62.5 Å². The van der Waals surface area contributed by atoms with E-state index in [9.17, 15) is 29.4 Å². The van der Waals surface area contributed by atoms with Crippen molar-refractivity contribution < 1.29 is 38.9 Å². The maximum Gasteiger partial charge on any atom is 0.226 e. The summed E-state index contributed by atoms with van der Waals surface area (Å²) in [6.07, 6.45) is 5.83. The molecule has 1 aromatic heterocycles. The molecule has 0 aliphatic heterocycles. The Morgan fingerprint density at radius 2 is 1.48 bits per heavy atom. The summed E-state index contributed by atoms with van der Waals surface area (Å²) < 4.78 is 12.1. The lowest BCUT2D eigenvalue weighted by atomic mass is 10.0. The molecule has 1 saturated carbocycles. The quantitative estimate of drug-likeness (QED) is 0.142. The van der Waals surface area contributed by atoms with E-state index >= 15 is 0 Å². The zero-order valence-electron chi connectivity index (χ0n) is 25.6. The summed E-state index contributed by atoms with van der Waals surface area (Å²) in [5.41, 5.74) is 2.19. The fourth-order valence-corrected chi connectivity index (χ4v) is 5.03. The van der Waals surface area contributed by atoms with Crippen molar-refractivity contribution >= 4 is 29.2 Å². The molecule has 0 saturated heterocycles. The number of nitrogens with zero attached hydrogens (tertiary/aromatic N) is 1. The molecule has 0 atom stereocenters. The van der Waals surface area contributed by atoms with E-state index in [0.29, 0.717) is 63.4 Å². The smallest absolute Gasteiger partial charge is 0.226 e. The molecule has 242 valence electrons. The molecular formula is C32H46N4O8. The van der Waals surface area contributed by atoms with Crippen LogP contribution in [0.2, 0.25) is 0 Å². The first-order valence-electron chi connectivity index (χ1n) is 15.4. The number of aromatic hydroxyl groups is 2. The van der Waals surface area contributed by atoms with Gasteiger partial charge in [0.15, 0.2) is 11.8 Å². The first-order valence-corrected chi connectivity index (χ1v) is 15.4. The van der Waals surface area contributed by atoms with Crippen molar-refractivity contribution in [1.29, 1.82) is 0 Å². The van der Waals surface area contributed by atoms with Crippen LogP contribution >= 0.6 is 0 Å². The Balaban J connectivity index is 1.15. The number of ketones is 1. The number of Topliss-reactive ketones (excluding diaryl/α,β-unsaturated/α-hetero) is 1. The van der Waals surface area contributed by atoms with E-state index in [-0.39, 0.29) is 67.2 Å². The summed E-state index contributed by atoms with van der Waals surface area (Å²) in [5, 5.41) is 28.0. The molecule has 1 aliphatic carbocycles. The third kappa shape index (κ3) is 12.4. The van der Waals surface area contributed by atoms with Crippen molar-refractivity contribution in [1.82, 2.24) is 15.2 Å². The van der Waals surface area contributed by atoms with E-state index in [2.05, 4.69) is 16.0 Å². The number of carbonyl (C=O) groups is 4. The fraction of sp³-hybridized carbons (Fsp3) is 0.562. The highest BCUT2D eigenvalue weighted by molar-refractivity contribution is 5.90. The predicted molar refractivity (Wildman–Crippen MR) is 164 cm³/mol. The number of ether oxygens (including phenoxy) is 2. The standard InChI is InChI=1S/C32H46N4O8/c1-23-22-31(41)36(32(23)42)17-13-29(39)34-16-19-44-21-20-43-18-14-30(40)35-26-9-6-24(7-10-26)8-11-28(38)33-15-12-27(37)25-4-2-3-5-25/h6-7,9-10,22,25,41-42H,2-5,8,11-21H2,1H3,(H,33,38)(H,34,39)(H,35,40). The third-order valence-corrected chi connectivity index (χ3v) is 7.59. The van der Waals surface area contributed by atoms with Crippen molar-refractivity contribution in [3.63, 3.8) is 0 Å². The molecule has 0 bridgehead atoms. The lowest BCUT2D eigenvalue weighted by Gasteiger charge is -2.10. The van der Waals surface area contributed by atoms with Crippen LogP contribution in [0, 0.1) is 12.8 Å². The first-order chi connectivity index (χ1) is 21.2. The molecular weight excluding hydrogens is 568 g/mol. The van der Waals surface area contributed by atoms with Gasteiger partial charge in [-0.15, -0.1) is 0 Å². The SMILES string of the molecule is Cc1cc(O)n(CCC(=O)NCCOCCOCCC(=O)Nc2ccc(CCC(=O)NCCC(=O)C3CCCC3)cc2)c1O. The topological polar surface area (TPSA) is 168 Å². The number of aryl methyl sites for hydroxylation is 2. The van der Waals surface area contributed by atoms with E-state index in [1.54, 1.807) is 19.1 Å². The van der Waals surface area contributed by atoms with Crippen molar-refractivity contribution in [3.8, 4) is 11.8 Å². The van der Waals surface area contributed by atoms with Gasteiger partial charge in [0.25, 0.3) is 0 Å². The molecule has 12 heteroatoms. The first kappa shape index (κ1) is 34.6. The maximum absolute atomic E-state index is 12.2. The Labute approximate surface area is 258 Å². The highest BCUT2D eigenvalue weighted by atomic mass is 16.5. The highest BCUT2D eigenvalue weighted by Gasteiger charge is 2.22. The minimum atomic E-state index is -0.224. The van der Waals surface area contributed by atoms with Crippen LogP contribution in [0.25, 0.3) is 0 Å². The zero-order chi connectivity index (χ0) is 31.7. The highest BCUT2D eigenvalue weighted by Crippen LogP contribution is 2.27. The van der Waals surface area contributed by atoms with E-state index in [0.717, 1.165) is 31.2 Å². The van der Waals surface area contributed by atoms with Crippen LogP contribution in [0.4, 0.5) is 5.69 Å². The van der Waals surface area contributed by atoms with Crippen molar-refractivity contribution in [2.45, 2.75) is 71.3 Å². The Kier molecular flexibility index (Phi) is 14.7. The summed E-state index contributed by atoms with van der Waals surface area (Å²) >= 11 is 0. The van der Waals surface area contributed by atoms with Crippen LogP contribution < -0.4 is 16.0 Å². The Morgan fingerprint density at radius 3 is 2.16 bits per heavy atom. The van der Waals surface area contributed by atoms with Crippen molar-refractivity contribution in [2.75, 3.05) is 44.8 Å². The number of nitrogens with one attached hydrogen (secondary N) is 3. The zero-order valence-corrected chi connectivity index (χ0v) is 25.6. The van der Waals surface area contributed by atoms with Gasteiger partial charge in [-0.3, -0.25) is 23.7 Å². The molecule has 12 nitrogen and oxygen atoms in total. The minimum Gasteiger partial charge on any atom is -0.494 e. The van der Waals surface area contributed by atoms with E-state index in [1.165, 1.54) is 10.6 Å². The van der Waals surface area contributed by atoms with Crippen LogP contribution in [-0.2, 0) is 41.6 Å². The summed E-state index contributed by atoms with van der Waals surface area (Å²) in [6.45, 7) is 3.72. The van der Waals surface area contributed by atoms with Gasteiger partial charge in [-0.05, 0) is 43.9 Å². The summed E-state index contributed by atoms with van der Waals surface area (Å²) in [4.78, 5) is 48.4. The number of hydrogen-bond acceptors (Lipinski definition) is 8. The van der Waals surface area contributed by atoms with Gasteiger partial charge in [0.05, 0.1) is 32.8 Å². The second-order valence-electron chi connectivity index (χ2n) is 11.0. The Hall–Kier alpha value is -3.90. The molecule has 0 unspecified atom stereocenters. The molecule has 2 aromatic rings. The molecule has 1 aliphatic rings. The van der Waals surface area contributed by atoms with E-state index in [1.807, 2.05) is 12.1 Å². The van der Waals surface area contributed by atoms with Crippen molar-refractivity contribution in [2.24, 2.45) is 5.92 Å². The number of rotatable bonds is 20. The number of aromatic nitrogens is 1. The van der Waals surface area contributed by atoms with Crippen LogP contribution in [0.5, 0.6) is 11.8 Å². The molecule has 1 aromatic carbocycles. The normalized spacial score (nSPS) is 13.1. The summed E-state index contributed by atoms with van der Waals surface area (Å²) in [6, 6.07) is 8.79. The number of anilines is 1. The van der Waals surface area contributed by atoms with Gasteiger partial charge in [-0.25, -0.2) is 0 Å². The average Bonchev–Trinajstić information content (AvgIpc) is 3.63. The fourth-order valence-electron chi connectivity index (χ4n) is 5.03. The molecule has 1 fully saturated rings. The van der Waals surface area contributed by atoms with Gasteiger partial charge in [0, 0.05) is 62.1 Å². The lowest BCUT2D eigenvalue weighted by molar-refractivity contribution is -0.124. The number of hydrogen-bond donors (Lipinski definition) is 5. The average molecular weight is 615 g/mol. The second kappa shape index (κ2) is 18.7. The minimum absolute atomic E-state index is 0.0548. The number of amides is 3. The Morgan fingerprint density at radius 1 is 0.818 bits per heavy atom. The van der Waals surface area contributed by atoms with E-state index < -0.39 is 0 Å². The molecule has 1 heterocycles. The number of carbonyl (C=O) groups excluding carboxylic acids is 4. The lowest BCUT2D eigenvalue weighted by Crippen LogP contribution is -2.28. The van der Waals surface area contributed by atoms with Crippen molar-refractivity contribution in [3.05, 3.63) is 41.5 Å². The molecule has 5 N–H and O–H groups in total. The van der Waals surface area contributed by atoms with Crippen LogP contribution in [-0.4, -0.2) is 77.8 Å². The van der Waals surface area contributed by atoms with Gasteiger partial charge < -0.3 is 35.6 Å². The third-order valence-electron chi connectivity index (χ3n) is 7.59. The maximum atomic E-state index is 12.2. The molecule has 0 radical (unpaired) electrons. The predicted octanol–water partition coefficient (Wildman–Crippen LogP) is 2.97. The van der Waals surface area contributed by atoms with E-state index in [4.69, 9.17) is 9.47 Å². The molecule has 3 rings (SSSR count). The Bertz CT molecular complexity index is 1220. The van der Waals surface area contributed by atoms with Gasteiger partial charge in [0.2, 0.25) is 17.7 Å². The van der Waals surface area contributed by atoms with Gasteiger partial charge in [-0.2, -0.15) is 0 Å². The largest absolute Gasteiger partial charge is 0.494 e. The molecule has 3 amide bonds. The van der Waals surface area contributed by atoms with Gasteiger partial charge in [-0.1, -0.05) is 25.0 Å². The summed E-state index contributed by atoms with van der Waals surface area (Å²) in [5.74, 6) is -0.162. The second-order valence-corrected chi connectivity index (χ2v) is 11.0. The van der Waals surface area contributed by atoms with Gasteiger partial charge >= 0.3 is 0 Å². The summed E-state index contributed by atoms with van der Waals surface area (Å²) in [7, 11) is 0. The van der Waals surface area contributed by atoms with Gasteiger partial charge in [0.1, 0.15) is 5.78 Å². The van der Waals surface area contributed by atoms with Crippen LogP contribution in [0.3, 0.4) is 0 Å². The molecule has 44 heavy (non-hydrogen) atoms. The number of benzene rings is 1.